The predicted octanol–water partition coefficient (Wildman–Crippen LogP) is 2.43. The van der Waals surface area contributed by atoms with Gasteiger partial charge in [-0.05, 0) is 37.6 Å². The Morgan fingerprint density at radius 1 is 1.11 bits per heavy atom. The molecule has 6 heteroatoms. The van der Waals surface area contributed by atoms with E-state index in [1.54, 1.807) is 19.1 Å². The van der Waals surface area contributed by atoms with Gasteiger partial charge in [0.15, 0.2) is 0 Å². The van der Waals surface area contributed by atoms with E-state index in [2.05, 4.69) is 0 Å². The molecule has 100 valence electrons. The van der Waals surface area contributed by atoms with Crippen LogP contribution in [0.5, 0.6) is 0 Å². The highest BCUT2D eigenvalue weighted by atomic mass is 35.5. The van der Waals surface area contributed by atoms with Crippen molar-refractivity contribution in [3.63, 3.8) is 0 Å². The molecule has 0 bridgehead atoms. The lowest BCUT2D eigenvalue weighted by molar-refractivity contribution is -0.140. The van der Waals surface area contributed by atoms with Crippen molar-refractivity contribution in [3.05, 3.63) is 29.3 Å². The Hall–Kier alpha value is -1.88. The number of imide groups is 2. The van der Waals surface area contributed by atoms with Gasteiger partial charge in [-0.25, -0.2) is 9.69 Å². The molecule has 2 rings (SSSR count). The van der Waals surface area contributed by atoms with Gasteiger partial charge < -0.3 is 0 Å². The lowest BCUT2D eigenvalue weighted by atomic mass is 10.2. The maximum Gasteiger partial charge on any atom is 0.339 e. The summed E-state index contributed by atoms with van der Waals surface area (Å²) in [6, 6.07) is 5.28. The average Bonchev–Trinajstić information content (AvgIpc) is 2.61. The molecule has 1 heterocycles. The first-order valence-electron chi connectivity index (χ1n) is 5.94. The minimum atomic E-state index is -0.826. The van der Waals surface area contributed by atoms with Crippen molar-refractivity contribution in [2.24, 2.45) is 0 Å². The quantitative estimate of drug-likeness (QED) is 0.631. The van der Waals surface area contributed by atoms with E-state index in [0.29, 0.717) is 17.1 Å². The Labute approximate surface area is 115 Å². The number of carbonyl (C=O) groups is 3. The number of nitrogens with zero attached hydrogens (tertiary/aromatic N) is 2. The molecule has 1 aliphatic heterocycles. The molecule has 0 saturated carbocycles. The van der Waals surface area contributed by atoms with Crippen molar-refractivity contribution in [1.29, 1.82) is 0 Å². The average molecular weight is 281 g/mol. The SMILES string of the molecule is CCC(C)N1C(=O)C(=O)N(c2ccc(Cl)cc2)C1=O. The number of rotatable bonds is 3. The van der Waals surface area contributed by atoms with Gasteiger partial charge >= 0.3 is 17.8 Å². The number of halogens is 1. The van der Waals surface area contributed by atoms with E-state index in [9.17, 15) is 14.4 Å². The summed E-state index contributed by atoms with van der Waals surface area (Å²) in [4.78, 5) is 37.8. The van der Waals surface area contributed by atoms with Crippen LogP contribution in [0.3, 0.4) is 0 Å². The van der Waals surface area contributed by atoms with Crippen LogP contribution >= 0.6 is 11.6 Å². The highest BCUT2D eigenvalue weighted by molar-refractivity contribution is 6.52. The first kappa shape index (κ1) is 13.5. The second-order valence-electron chi connectivity index (χ2n) is 4.33. The topological polar surface area (TPSA) is 57.7 Å². The monoisotopic (exact) mass is 280 g/mol. The highest BCUT2D eigenvalue weighted by Crippen LogP contribution is 2.25. The molecule has 1 unspecified atom stereocenters. The summed E-state index contributed by atoms with van der Waals surface area (Å²) >= 11 is 5.76. The van der Waals surface area contributed by atoms with Crippen molar-refractivity contribution in [2.75, 3.05) is 4.90 Å². The molecule has 0 N–H and O–H groups in total. The third-order valence-corrected chi connectivity index (χ3v) is 3.37. The molecular formula is C13H13ClN2O3. The minimum Gasteiger partial charge on any atom is -0.263 e. The van der Waals surface area contributed by atoms with Crippen LogP contribution in [-0.4, -0.2) is 28.8 Å². The number of hydrogen-bond acceptors (Lipinski definition) is 3. The lowest BCUT2D eigenvalue weighted by Gasteiger charge is -2.20. The summed E-state index contributed by atoms with van der Waals surface area (Å²) in [5, 5.41) is 0.493. The van der Waals surface area contributed by atoms with Crippen LogP contribution in [0.2, 0.25) is 5.02 Å². The summed E-state index contributed by atoms with van der Waals surface area (Å²) in [5.41, 5.74) is 0.346. The molecule has 1 aliphatic rings. The van der Waals surface area contributed by atoms with Crippen molar-refractivity contribution in [2.45, 2.75) is 26.3 Å². The highest BCUT2D eigenvalue weighted by Gasteiger charge is 2.46. The number of anilines is 1. The molecule has 19 heavy (non-hydrogen) atoms. The van der Waals surface area contributed by atoms with Crippen LogP contribution in [0, 0.1) is 0 Å². The Morgan fingerprint density at radius 3 is 2.21 bits per heavy atom. The fourth-order valence-corrected chi connectivity index (χ4v) is 2.00. The molecule has 1 saturated heterocycles. The molecule has 5 nitrogen and oxygen atoms in total. The van der Waals surface area contributed by atoms with Gasteiger partial charge in [-0.15, -0.1) is 0 Å². The zero-order valence-corrected chi connectivity index (χ0v) is 11.3. The normalized spacial score (nSPS) is 17.3. The summed E-state index contributed by atoms with van der Waals surface area (Å²) in [5.74, 6) is -1.61. The third-order valence-electron chi connectivity index (χ3n) is 3.12. The van der Waals surface area contributed by atoms with Crippen LogP contribution in [0.25, 0.3) is 0 Å². The maximum atomic E-state index is 12.2. The molecule has 0 radical (unpaired) electrons. The van der Waals surface area contributed by atoms with E-state index < -0.39 is 17.8 Å². The maximum absolute atomic E-state index is 12.2. The Morgan fingerprint density at radius 2 is 1.68 bits per heavy atom. The molecule has 1 fully saturated rings. The molecule has 0 aromatic heterocycles. The summed E-state index contributed by atoms with van der Waals surface area (Å²) in [7, 11) is 0. The van der Waals surface area contributed by atoms with Crippen LogP contribution < -0.4 is 4.90 Å². The fraction of sp³-hybridized carbons (Fsp3) is 0.308. The number of carbonyl (C=O) groups excluding carboxylic acids is 3. The van der Waals surface area contributed by atoms with E-state index in [1.165, 1.54) is 12.1 Å². The number of benzene rings is 1. The summed E-state index contributed by atoms with van der Waals surface area (Å²) in [6.07, 6.45) is 0.596. The minimum absolute atomic E-state index is 0.304. The number of hydrogen-bond donors (Lipinski definition) is 0. The van der Waals surface area contributed by atoms with Gasteiger partial charge in [-0.1, -0.05) is 18.5 Å². The number of urea groups is 1. The Kier molecular flexibility index (Phi) is 3.57. The van der Waals surface area contributed by atoms with Crippen LogP contribution in [0.4, 0.5) is 10.5 Å². The van der Waals surface area contributed by atoms with Crippen molar-refractivity contribution in [3.8, 4) is 0 Å². The Balaban J connectivity index is 2.37. The van der Waals surface area contributed by atoms with E-state index in [-0.39, 0.29) is 6.04 Å². The van der Waals surface area contributed by atoms with E-state index >= 15 is 0 Å². The number of amides is 4. The first-order chi connectivity index (χ1) is 8.97. The molecule has 1 aromatic rings. The van der Waals surface area contributed by atoms with Crippen molar-refractivity contribution < 1.29 is 14.4 Å². The van der Waals surface area contributed by atoms with E-state index in [4.69, 9.17) is 11.6 Å². The van der Waals surface area contributed by atoms with E-state index in [0.717, 1.165) is 9.80 Å². The van der Waals surface area contributed by atoms with Gasteiger partial charge in [0, 0.05) is 11.1 Å². The zero-order chi connectivity index (χ0) is 14.2. The van der Waals surface area contributed by atoms with Gasteiger partial charge in [0.25, 0.3) is 0 Å². The second kappa shape index (κ2) is 5.01. The molecule has 0 spiro atoms. The standard InChI is InChI=1S/C13H13ClN2O3/c1-3-8(2)15-11(17)12(18)16(13(15)19)10-6-4-9(14)5-7-10/h4-8H,3H2,1-2H3. The molecule has 4 amide bonds. The molecule has 1 aromatic carbocycles. The predicted molar refractivity (Wildman–Crippen MR) is 70.9 cm³/mol. The Bertz CT molecular complexity index is 541. The molecular weight excluding hydrogens is 268 g/mol. The van der Waals surface area contributed by atoms with Crippen LogP contribution in [0.1, 0.15) is 20.3 Å². The van der Waals surface area contributed by atoms with Gasteiger partial charge in [0.05, 0.1) is 5.69 Å². The van der Waals surface area contributed by atoms with Gasteiger partial charge in [-0.2, -0.15) is 0 Å². The van der Waals surface area contributed by atoms with Gasteiger partial charge in [-0.3, -0.25) is 14.5 Å². The lowest BCUT2D eigenvalue weighted by Crippen LogP contribution is -2.39. The van der Waals surface area contributed by atoms with Crippen molar-refractivity contribution >= 4 is 35.1 Å². The first-order valence-corrected chi connectivity index (χ1v) is 6.32. The molecule has 1 atom stereocenters. The van der Waals surface area contributed by atoms with Gasteiger partial charge in [0.2, 0.25) is 0 Å². The summed E-state index contributed by atoms with van der Waals surface area (Å²) in [6.45, 7) is 3.58. The smallest absolute Gasteiger partial charge is 0.263 e. The largest absolute Gasteiger partial charge is 0.339 e. The van der Waals surface area contributed by atoms with Gasteiger partial charge in [0.1, 0.15) is 0 Å². The third kappa shape index (κ3) is 2.21. The fourth-order valence-electron chi connectivity index (χ4n) is 1.87. The van der Waals surface area contributed by atoms with Crippen molar-refractivity contribution in [1.82, 2.24) is 4.90 Å². The van der Waals surface area contributed by atoms with Crippen LogP contribution in [0.15, 0.2) is 24.3 Å². The van der Waals surface area contributed by atoms with Crippen LogP contribution in [-0.2, 0) is 9.59 Å². The zero-order valence-electron chi connectivity index (χ0n) is 10.6. The molecule has 0 aliphatic carbocycles. The summed E-state index contributed by atoms with van der Waals surface area (Å²) < 4.78 is 0. The van der Waals surface area contributed by atoms with E-state index in [1.807, 2.05) is 6.92 Å². The second-order valence-corrected chi connectivity index (χ2v) is 4.77.